The van der Waals surface area contributed by atoms with Crippen molar-refractivity contribution in [3.05, 3.63) is 29.0 Å². The average Bonchev–Trinajstić information content (AvgIpc) is 3.17. The number of ether oxygens (including phenoxy) is 1. The Morgan fingerprint density at radius 2 is 2.13 bits per heavy atom. The number of H-pyrrole nitrogens is 1. The van der Waals surface area contributed by atoms with Crippen molar-refractivity contribution in [2.45, 2.75) is 36.7 Å². The predicted molar refractivity (Wildman–Crippen MR) is 119 cm³/mol. The molecule has 12 heteroatoms. The van der Waals surface area contributed by atoms with Gasteiger partial charge in [0.05, 0.1) is 16.5 Å². The molecule has 0 atom stereocenters. The Morgan fingerprint density at radius 3 is 2.74 bits per heavy atom. The number of sulfonamides is 1. The highest BCUT2D eigenvalue weighted by Crippen LogP contribution is 2.30. The summed E-state index contributed by atoms with van der Waals surface area (Å²) in [4.78, 5) is 16.8. The molecule has 1 amide bonds. The SMILES string of the molecule is CCOc1ccc(S(=O)(=O)N2CCC(C(=O)NCCSc3n[nH]c(C)n3)CC2)cc1Cl. The zero-order chi connectivity index (χ0) is 22.4. The number of rotatable bonds is 9. The van der Waals surface area contributed by atoms with Crippen molar-refractivity contribution in [3.63, 3.8) is 0 Å². The van der Waals surface area contributed by atoms with Gasteiger partial charge in [-0.15, -0.1) is 5.10 Å². The molecule has 9 nitrogen and oxygen atoms in total. The van der Waals surface area contributed by atoms with Gasteiger partial charge in [0, 0.05) is 31.3 Å². The van der Waals surface area contributed by atoms with E-state index in [1.54, 1.807) is 6.07 Å². The van der Waals surface area contributed by atoms with Gasteiger partial charge in [-0.1, -0.05) is 23.4 Å². The number of thioether (sulfide) groups is 1. The van der Waals surface area contributed by atoms with E-state index in [1.165, 1.54) is 28.2 Å². The Labute approximate surface area is 191 Å². The number of carbonyl (C=O) groups excluding carboxylic acids is 1. The fourth-order valence-electron chi connectivity index (χ4n) is 3.27. The van der Waals surface area contributed by atoms with Crippen LogP contribution in [0.2, 0.25) is 5.02 Å². The highest BCUT2D eigenvalue weighted by molar-refractivity contribution is 7.99. The first kappa shape index (κ1) is 23.8. The Kier molecular flexibility index (Phi) is 8.20. The van der Waals surface area contributed by atoms with Crippen LogP contribution in [0.3, 0.4) is 0 Å². The van der Waals surface area contributed by atoms with Crippen molar-refractivity contribution < 1.29 is 17.9 Å². The molecule has 1 fully saturated rings. The Bertz CT molecular complexity index is 1010. The molecule has 0 unspecified atom stereocenters. The van der Waals surface area contributed by atoms with Crippen LogP contribution in [-0.2, 0) is 14.8 Å². The van der Waals surface area contributed by atoms with Crippen molar-refractivity contribution in [2.24, 2.45) is 5.92 Å². The molecule has 1 aliphatic heterocycles. The summed E-state index contributed by atoms with van der Waals surface area (Å²) in [6.45, 7) is 5.18. The van der Waals surface area contributed by atoms with E-state index < -0.39 is 10.0 Å². The van der Waals surface area contributed by atoms with Crippen LogP contribution in [0.25, 0.3) is 0 Å². The molecule has 1 aliphatic rings. The number of benzene rings is 1. The van der Waals surface area contributed by atoms with Crippen LogP contribution < -0.4 is 10.1 Å². The number of aromatic nitrogens is 3. The normalized spacial score (nSPS) is 15.7. The van der Waals surface area contributed by atoms with E-state index in [-0.39, 0.29) is 34.8 Å². The maximum absolute atomic E-state index is 12.9. The Morgan fingerprint density at radius 1 is 1.39 bits per heavy atom. The van der Waals surface area contributed by atoms with E-state index in [4.69, 9.17) is 16.3 Å². The van der Waals surface area contributed by atoms with Gasteiger partial charge in [-0.25, -0.2) is 13.4 Å². The number of aromatic amines is 1. The summed E-state index contributed by atoms with van der Waals surface area (Å²) in [5, 5.41) is 10.6. The van der Waals surface area contributed by atoms with E-state index in [2.05, 4.69) is 20.5 Å². The van der Waals surface area contributed by atoms with Gasteiger partial charge in [-0.2, -0.15) is 4.31 Å². The molecule has 0 radical (unpaired) electrons. The molecule has 31 heavy (non-hydrogen) atoms. The summed E-state index contributed by atoms with van der Waals surface area (Å²) in [6, 6.07) is 4.48. The Balaban J connectivity index is 1.47. The predicted octanol–water partition coefficient (Wildman–Crippen LogP) is 2.47. The van der Waals surface area contributed by atoms with Gasteiger partial charge >= 0.3 is 0 Å². The zero-order valence-corrected chi connectivity index (χ0v) is 19.8. The van der Waals surface area contributed by atoms with Crippen LogP contribution in [0.4, 0.5) is 0 Å². The van der Waals surface area contributed by atoms with Gasteiger partial charge in [0.2, 0.25) is 21.1 Å². The molecule has 2 N–H and O–H groups in total. The minimum absolute atomic E-state index is 0.0482. The fourth-order valence-corrected chi connectivity index (χ4v) is 5.76. The number of halogens is 1. The Hall–Kier alpha value is -1.82. The number of piperidine rings is 1. The van der Waals surface area contributed by atoms with Crippen LogP contribution in [-0.4, -0.2) is 65.8 Å². The molecule has 0 bridgehead atoms. The number of nitrogens with one attached hydrogen (secondary N) is 2. The number of aryl methyl sites for hydroxylation is 1. The second kappa shape index (κ2) is 10.7. The van der Waals surface area contributed by atoms with Gasteiger partial charge in [-0.3, -0.25) is 9.89 Å². The second-order valence-electron chi connectivity index (χ2n) is 7.05. The fraction of sp³-hybridized carbons (Fsp3) is 0.526. The molecule has 0 spiro atoms. The third-order valence-corrected chi connectivity index (χ3v) is 7.91. The van der Waals surface area contributed by atoms with Crippen molar-refractivity contribution in [1.29, 1.82) is 0 Å². The largest absolute Gasteiger partial charge is 0.492 e. The van der Waals surface area contributed by atoms with E-state index >= 15 is 0 Å². The lowest BCUT2D eigenvalue weighted by Crippen LogP contribution is -2.43. The molecule has 3 rings (SSSR count). The lowest BCUT2D eigenvalue weighted by Gasteiger charge is -2.30. The molecule has 1 saturated heterocycles. The summed E-state index contributed by atoms with van der Waals surface area (Å²) in [7, 11) is -3.67. The van der Waals surface area contributed by atoms with Crippen LogP contribution in [0, 0.1) is 12.8 Å². The summed E-state index contributed by atoms with van der Waals surface area (Å²) in [6.07, 6.45) is 0.951. The molecule has 0 saturated carbocycles. The number of hydrogen-bond acceptors (Lipinski definition) is 7. The van der Waals surface area contributed by atoms with Crippen molar-refractivity contribution in [1.82, 2.24) is 24.8 Å². The van der Waals surface area contributed by atoms with E-state index in [0.717, 1.165) is 5.82 Å². The van der Waals surface area contributed by atoms with Crippen LogP contribution in [0.5, 0.6) is 5.75 Å². The molecular formula is C19H26ClN5O4S2. The quantitative estimate of drug-likeness (QED) is 0.412. The summed E-state index contributed by atoms with van der Waals surface area (Å²) >= 11 is 7.61. The minimum Gasteiger partial charge on any atom is -0.492 e. The average molecular weight is 488 g/mol. The van der Waals surface area contributed by atoms with Gasteiger partial charge in [0.15, 0.2) is 0 Å². The molecule has 2 aromatic rings. The number of carbonyl (C=O) groups is 1. The second-order valence-corrected chi connectivity index (χ2v) is 10.5. The number of nitrogens with zero attached hydrogens (tertiary/aromatic N) is 3. The summed E-state index contributed by atoms with van der Waals surface area (Å²) in [5.74, 6) is 1.61. The number of hydrogen-bond donors (Lipinski definition) is 2. The summed E-state index contributed by atoms with van der Waals surface area (Å²) < 4.78 is 32.7. The first-order valence-corrected chi connectivity index (χ1v) is 12.8. The smallest absolute Gasteiger partial charge is 0.243 e. The van der Waals surface area contributed by atoms with E-state index in [1.807, 2.05) is 13.8 Å². The van der Waals surface area contributed by atoms with Gasteiger partial charge in [0.1, 0.15) is 11.6 Å². The van der Waals surface area contributed by atoms with Crippen molar-refractivity contribution in [2.75, 3.05) is 32.0 Å². The van der Waals surface area contributed by atoms with Gasteiger partial charge in [-0.05, 0) is 44.9 Å². The molecule has 1 aromatic carbocycles. The van der Waals surface area contributed by atoms with Crippen molar-refractivity contribution >= 4 is 39.3 Å². The maximum Gasteiger partial charge on any atom is 0.243 e. The van der Waals surface area contributed by atoms with E-state index in [0.29, 0.717) is 42.7 Å². The van der Waals surface area contributed by atoms with E-state index in [9.17, 15) is 13.2 Å². The molecule has 2 heterocycles. The molecule has 170 valence electrons. The standard InChI is InChI=1S/C19H26ClN5O4S2/c1-3-29-17-5-4-15(12-16(17)20)31(27,28)25-9-6-14(7-10-25)18(26)21-8-11-30-19-22-13(2)23-24-19/h4-5,12,14H,3,6-11H2,1-2H3,(H,21,26)(H,22,23,24). The van der Waals surface area contributed by atoms with Gasteiger partial charge < -0.3 is 10.1 Å². The van der Waals surface area contributed by atoms with Crippen molar-refractivity contribution in [3.8, 4) is 5.75 Å². The first-order chi connectivity index (χ1) is 14.8. The topological polar surface area (TPSA) is 117 Å². The zero-order valence-electron chi connectivity index (χ0n) is 17.4. The van der Waals surface area contributed by atoms with Gasteiger partial charge in [0.25, 0.3) is 0 Å². The monoisotopic (exact) mass is 487 g/mol. The minimum atomic E-state index is -3.67. The molecule has 0 aliphatic carbocycles. The lowest BCUT2D eigenvalue weighted by molar-refractivity contribution is -0.125. The highest BCUT2D eigenvalue weighted by Gasteiger charge is 2.32. The third-order valence-electron chi connectivity index (χ3n) is 4.87. The lowest BCUT2D eigenvalue weighted by atomic mass is 9.97. The molecule has 1 aromatic heterocycles. The highest BCUT2D eigenvalue weighted by atomic mass is 35.5. The van der Waals surface area contributed by atoms with Crippen LogP contribution >= 0.6 is 23.4 Å². The summed E-state index contributed by atoms with van der Waals surface area (Å²) in [5.41, 5.74) is 0. The first-order valence-electron chi connectivity index (χ1n) is 10.0. The third kappa shape index (κ3) is 6.12. The molecular weight excluding hydrogens is 462 g/mol. The van der Waals surface area contributed by atoms with Crippen LogP contribution in [0.1, 0.15) is 25.6 Å². The number of amides is 1. The van der Waals surface area contributed by atoms with Crippen LogP contribution in [0.15, 0.2) is 28.3 Å². The maximum atomic E-state index is 12.9.